The minimum atomic E-state index is 0.439. The Morgan fingerprint density at radius 1 is 1.25 bits per heavy atom. The average Bonchev–Trinajstić information content (AvgIpc) is 2.64. The number of fused-ring (bicyclic) bond motifs is 5. The number of hydrogen-bond donors (Lipinski definition) is 0. The number of rotatable bonds is 0. The van der Waals surface area contributed by atoms with Crippen LogP contribution >= 0.6 is 0 Å². The number of Topliss-reactive ketones (excluding diaryl/α,β-unsaturated/α-hetero) is 1. The van der Waals surface area contributed by atoms with Gasteiger partial charge in [-0.15, -0.1) is 0 Å². The van der Waals surface area contributed by atoms with E-state index in [9.17, 15) is 4.79 Å². The number of ketones is 1. The lowest BCUT2D eigenvalue weighted by atomic mass is 9.73. The van der Waals surface area contributed by atoms with Crippen molar-refractivity contribution in [1.29, 1.82) is 0 Å². The van der Waals surface area contributed by atoms with Gasteiger partial charge in [-0.3, -0.25) is 4.79 Å². The maximum absolute atomic E-state index is 11.6. The average molecular weight is 162 g/mol. The number of allylic oxidation sites excluding steroid dienone is 2. The van der Waals surface area contributed by atoms with Crippen LogP contribution in [0.15, 0.2) is 12.2 Å². The second-order valence-electron chi connectivity index (χ2n) is 4.50. The molecule has 0 aromatic heterocycles. The molecule has 0 heterocycles. The summed E-state index contributed by atoms with van der Waals surface area (Å²) in [6.45, 7) is 0. The van der Waals surface area contributed by atoms with Gasteiger partial charge in [-0.2, -0.15) is 0 Å². The van der Waals surface area contributed by atoms with Gasteiger partial charge >= 0.3 is 0 Å². The van der Waals surface area contributed by atoms with Crippen molar-refractivity contribution >= 4 is 5.78 Å². The van der Waals surface area contributed by atoms with Gasteiger partial charge < -0.3 is 0 Å². The quantitative estimate of drug-likeness (QED) is 0.499. The second-order valence-corrected chi connectivity index (χ2v) is 4.50. The van der Waals surface area contributed by atoms with E-state index < -0.39 is 0 Å². The molecule has 2 bridgehead atoms. The molecule has 0 aliphatic heterocycles. The normalized spacial score (nSPS) is 49.8. The van der Waals surface area contributed by atoms with E-state index in [2.05, 4.69) is 12.2 Å². The third-order valence-corrected chi connectivity index (χ3v) is 3.95. The van der Waals surface area contributed by atoms with Gasteiger partial charge in [-0.05, 0) is 37.0 Å². The van der Waals surface area contributed by atoms with E-state index >= 15 is 0 Å². The van der Waals surface area contributed by atoms with Gasteiger partial charge in [0.15, 0.2) is 0 Å². The zero-order valence-corrected chi connectivity index (χ0v) is 7.20. The molecule has 1 heteroatoms. The summed E-state index contributed by atoms with van der Waals surface area (Å²) < 4.78 is 0. The third-order valence-electron chi connectivity index (χ3n) is 3.95. The Balaban J connectivity index is 1.97. The van der Waals surface area contributed by atoms with Crippen molar-refractivity contribution in [3.05, 3.63) is 12.2 Å². The summed E-state index contributed by atoms with van der Waals surface area (Å²) in [6.07, 6.45) is 9.23. The van der Waals surface area contributed by atoms with Crippen molar-refractivity contribution in [2.45, 2.75) is 25.7 Å². The molecule has 0 unspecified atom stereocenters. The zero-order chi connectivity index (χ0) is 8.13. The molecule has 2 fully saturated rings. The van der Waals surface area contributed by atoms with Gasteiger partial charge in [0, 0.05) is 12.3 Å². The zero-order valence-electron chi connectivity index (χ0n) is 7.20. The highest BCUT2D eigenvalue weighted by molar-refractivity contribution is 5.83. The lowest BCUT2D eigenvalue weighted by molar-refractivity contribution is -0.127. The second kappa shape index (κ2) is 2.21. The maximum Gasteiger partial charge on any atom is 0.136 e. The first-order valence-electron chi connectivity index (χ1n) is 5.07. The molecule has 2 saturated carbocycles. The highest BCUT2D eigenvalue weighted by Gasteiger charge is 2.48. The SMILES string of the molecule is O=C1CCC[C@H]2[C@@H]1[C@H]1C=C[C@H]2C1. The fraction of sp³-hybridized carbons (Fsp3) is 0.727. The van der Waals surface area contributed by atoms with Crippen LogP contribution in [0.3, 0.4) is 0 Å². The van der Waals surface area contributed by atoms with Crippen molar-refractivity contribution in [3.8, 4) is 0 Å². The van der Waals surface area contributed by atoms with Crippen molar-refractivity contribution < 1.29 is 4.79 Å². The van der Waals surface area contributed by atoms with Crippen LogP contribution in [0.5, 0.6) is 0 Å². The van der Waals surface area contributed by atoms with E-state index in [1.165, 1.54) is 12.8 Å². The first-order valence-corrected chi connectivity index (χ1v) is 5.07. The van der Waals surface area contributed by atoms with Gasteiger partial charge in [0.05, 0.1) is 0 Å². The van der Waals surface area contributed by atoms with Crippen molar-refractivity contribution in [3.63, 3.8) is 0 Å². The van der Waals surface area contributed by atoms with Crippen LogP contribution in [0.1, 0.15) is 25.7 Å². The summed E-state index contributed by atoms with van der Waals surface area (Å²) >= 11 is 0. The highest BCUT2D eigenvalue weighted by atomic mass is 16.1. The smallest absolute Gasteiger partial charge is 0.136 e. The van der Waals surface area contributed by atoms with Crippen LogP contribution in [0.4, 0.5) is 0 Å². The van der Waals surface area contributed by atoms with E-state index in [4.69, 9.17) is 0 Å². The van der Waals surface area contributed by atoms with Crippen LogP contribution in [0.2, 0.25) is 0 Å². The molecule has 1 nitrogen and oxygen atoms in total. The standard InChI is InChI=1S/C11H14O/c12-10-3-1-2-9-7-4-5-8(6-7)11(9)10/h4-5,7-9,11H,1-3,6H2/t7-,8-,9+,11-/m0/s1. The molecule has 0 radical (unpaired) electrons. The Morgan fingerprint density at radius 3 is 2.92 bits per heavy atom. The van der Waals surface area contributed by atoms with Gasteiger partial charge in [-0.25, -0.2) is 0 Å². The molecule has 12 heavy (non-hydrogen) atoms. The summed E-state index contributed by atoms with van der Waals surface area (Å²) in [5.41, 5.74) is 0. The fourth-order valence-corrected chi connectivity index (χ4v) is 3.47. The Labute approximate surface area is 72.8 Å². The molecular formula is C11H14O. The summed E-state index contributed by atoms with van der Waals surface area (Å²) in [6, 6.07) is 0. The van der Waals surface area contributed by atoms with E-state index in [0.717, 1.165) is 24.7 Å². The molecule has 64 valence electrons. The largest absolute Gasteiger partial charge is 0.299 e. The molecular weight excluding hydrogens is 148 g/mol. The van der Waals surface area contributed by atoms with Crippen LogP contribution in [0.25, 0.3) is 0 Å². The lowest BCUT2D eigenvalue weighted by Gasteiger charge is -2.30. The maximum atomic E-state index is 11.6. The first kappa shape index (κ1) is 6.88. The van der Waals surface area contributed by atoms with Crippen molar-refractivity contribution in [2.24, 2.45) is 23.7 Å². The van der Waals surface area contributed by atoms with Gasteiger partial charge in [0.25, 0.3) is 0 Å². The Bertz CT molecular complexity index is 254. The number of carbonyl (C=O) groups is 1. The molecule has 4 atom stereocenters. The lowest BCUT2D eigenvalue weighted by Crippen LogP contribution is -2.31. The van der Waals surface area contributed by atoms with Crippen LogP contribution in [-0.2, 0) is 4.79 Å². The molecule has 3 aliphatic rings. The Kier molecular flexibility index (Phi) is 1.27. The van der Waals surface area contributed by atoms with Crippen molar-refractivity contribution in [1.82, 2.24) is 0 Å². The van der Waals surface area contributed by atoms with Gasteiger partial charge in [0.2, 0.25) is 0 Å². The summed E-state index contributed by atoms with van der Waals surface area (Å²) in [7, 11) is 0. The number of hydrogen-bond acceptors (Lipinski definition) is 1. The number of carbonyl (C=O) groups excluding carboxylic acids is 1. The molecule has 0 aromatic carbocycles. The molecule has 3 rings (SSSR count). The predicted octanol–water partition coefficient (Wildman–Crippen LogP) is 2.18. The molecule has 0 saturated heterocycles. The minimum absolute atomic E-state index is 0.439. The predicted molar refractivity (Wildman–Crippen MR) is 46.6 cm³/mol. The topological polar surface area (TPSA) is 17.1 Å². The molecule has 3 aliphatic carbocycles. The summed E-state index contributed by atoms with van der Waals surface area (Å²) in [4.78, 5) is 11.6. The molecule has 0 amide bonds. The summed E-state index contributed by atoms with van der Waals surface area (Å²) in [5, 5.41) is 0. The van der Waals surface area contributed by atoms with E-state index in [1.807, 2.05) is 0 Å². The monoisotopic (exact) mass is 162 g/mol. The van der Waals surface area contributed by atoms with Crippen LogP contribution in [0, 0.1) is 23.7 Å². The van der Waals surface area contributed by atoms with Crippen LogP contribution < -0.4 is 0 Å². The fourth-order valence-electron chi connectivity index (χ4n) is 3.47. The van der Waals surface area contributed by atoms with E-state index in [0.29, 0.717) is 17.6 Å². The van der Waals surface area contributed by atoms with Crippen molar-refractivity contribution in [2.75, 3.05) is 0 Å². The highest BCUT2D eigenvalue weighted by Crippen LogP contribution is 2.52. The van der Waals surface area contributed by atoms with Gasteiger partial charge in [0.1, 0.15) is 5.78 Å². The van der Waals surface area contributed by atoms with E-state index in [-0.39, 0.29) is 0 Å². The third kappa shape index (κ3) is 0.720. The molecule has 0 aromatic rings. The van der Waals surface area contributed by atoms with E-state index in [1.54, 1.807) is 0 Å². The molecule has 0 N–H and O–H groups in total. The van der Waals surface area contributed by atoms with Crippen LogP contribution in [-0.4, -0.2) is 5.78 Å². The Morgan fingerprint density at radius 2 is 2.08 bits per heavy atom. The Hall–Kier alpha value is -0.590. The first-order chi connectivity index (χ1) is 5.86. The molecule has 0 spiro atoms. The van der Waals surface area contributed by atoms with Gasteiger partial charge in [-0.1, -0.05) is 12.2 Å². The minimum Gasteiger partial charge on any atom is -0.299 e. The summed E-state index contributed by atoms with van der Waals surface area (Å²) in [5.74, 6) is 3.13.